The summed E-state index contributed by atoms with van der Waals surface area (Å²) in [5.74, 6) is -0.748. The highest BCUT2D eigenvalue weighted by molar-refractivity contribution is 5.98. The van der Waals surface area contributed by atoms with Crippen LogP contribution in [0.3, 0.4) is 0 Å². The normalized spacial score (nSPS) is 10.8. The van der Waals surface area contributed by atoms with Crippen molar-refractivity contribution in [2.24, 2.45) is 0 Å². The number of hydrogen-bond acceptors (Lipinski definition) is 5. The van der Waals surface area contributed by atoms with Crippen molar-refractivity contribution in [2.75, 3.05) is 6.61 Å². The first-order valence-corrected chi connectivity index (χ1v) is 9.14. The van der Waals surface area contributed by atoms with Gasteiger partial charge in [-0.1, -0.05) is 18.2 Å². The summed E-state index contributed by atoms with van der Waals surface area (Å²) in [6, 6.07) is 10.4. The number of nitrogens with zero attached hydrogens (tertiary/aromatic N) is 1. The van der Waals surface area contributed by atoms with Gasteiger partial charge >= 0.3 is 5.97 Å². The summed E-state index contributed by atoms with van der Waals surface area (Å²) in [7, 11) is 0. The molecule has 2 rings (SSSR count). The van der Waals surface area contributed by atoms with E-state index in [0.29, 0.717) is 29.5 Å². The van der Waals surface area contributed by atoms with Crippen molar-refractivity contribution in [3.05, 3.63) is 77.9 Å². The van der Waals surface area contributed by atoms with Gasteiger partial charge in [0.2, 0.25) is 0 Å². The predicted octanol–water partition coefficient (Wildman–Crippen LogP) is 4.69. The van der Waals surface area contributed by atoms with Crippen LogP contribution in [0.4, 0.5) is 0 Å². The molecule has 0 heterocycles. The van der Waals surface area contributed by atoms with Crippen molar-refractivity contribution in [1.29, 1.82) is 5.26 Å². The summed E-state index contributed by atoms with van der Waals surface area (Å²) in [4.78, 5) is 12.0. The number of phenolic OH excluding ortho intramolecular Hbond substituents is 2. The number of carbonyl (C=O) groups excluding carboxylic acids is 1. The second kappa shape index (κ2) is 9.95. The van der Waals surface area contributed by atoms with E-state index in [0.717, 1.165) is 5.56 Å². The largest absolute Gasteiger partial charge is 0.507 e. The Labute approximate surface area is 170 Å². The van der Waals surface area contributed by atoms with Crippen LogP contribution >= 0.6 is 0 Å². The van der Waals surface area contributed by atoms with E-state index < -0.39 is 5.97 Å². The maximum Gasteiger partial charge on any atom is 0.348 e. The lowest BCUT2D eigenvalue weighted by atomic mass is 9.94. The number of carbonyl (C=O) groups is 1. The van der Waals surface area contributed by atoms with Gasteiger partial charge in [-0.25, -0.2) is 4.79 Å². The van der Waals surface area contributed by atoms with E-state index in [9.17, 15) is 20.3 Å². The van der Waals surface area contributed by atoms with E-state index in [2.05, 4.69) is 13.2 Å². The van der Waals surface area contributed by atoms with Gasteiger partial charge in [0.15, 0.2) is 0 Å². The number of rotatable bonds is 8. The van der Waals surface area contributed by atoms with E-state index >= 15 is 0 Å². The van der Waals surface area contributed by atoms with E-state index in [1.807, 2.05) is 6.07 Å². The Morgan fingerprint density at radius 1 is 1.17 bits per heavy atom. The molecule has 2 N–H and O–H groups in total. The van der Waals surface area contributed by atoms with Crippen LogP contribution in [-0.4, -0.2) is 22.8 Å². The van der Waals surface area contributed by atoms with Gasteiger partial charge < -0.3 is 14.9 Å². The van der Waals surface area contributed by atoms with Crippen LogP contribution < -0.4 is 0 Å². The second-order valence-electron chi connectivity index (χ2n) is 6.30. The van der Waals surface area contributed by atoms with Crippen LogP contribution in [0.25, 0.3) is 17.2 Å². The first-order valence-electron chi connectivity index (χ1n) is 9.14. The summed E-state index contributed by atoms with van der Waals surface area (Å²) in [5, 5.41) is 30.3. The number of aromatic hydroxyl groups is 2. The molecule has 29 heavy (non-hydrogen) atoms. The maximum absolute atomic E-state index is 12.0. The molecule has 5 heteroatoms. The molecule has 0 saturated heterocycles. The fraction of sp³-hybridized carbons (Fsp3) is 0.167. The van der Waals surface area contributed by atoms with E-state index in [1.54, 1.807) is 49.4 Å². The van der Waals surface area contributed by atoms with Crippen molar-refractivity contribution in [1.82, 2.24) is 0 Å². The lowest BCUT2D eigenvalue weighted by Crippen LogP contribution is -2.06. The van der Waals surface area contributed by atoms with Gasteiger partial charge in [0, 0.05) is 11.1 Å². The molecule has 2 aromatic rings. The molecule has 0 bridgehead atoms. The van der Waals surface area contributed by atoms with Crippen LogP contribution in [0.5, 0.6) is 11.5 Å². The lowest BCUT2D eigenvalue weighted by molar-refractivity contribution is -0.137. The zero-order valence-electron chi connectivity index (χ0n) is 16.3. The quantitative estimate of drug-likeness (QED) is 0.296. The molecule has 0 fully saturated rings. The van der Waals surface area contributed by atoms with E-state index in [-0.39, 0.29) is 29.2 Å². The zero-order valence-corrected chi connectivity index (χ0v) is 16.3. The topological polar surface area (TPSA) is 90.5 Å². The highest BCUT2D eigenvalue weighted by Gasteiger charge is 2.16. The Morgan fingerprint density at radius 3 is 2.52 bits per heavy atom. The van der Waals surface area contributed by atoms with Gasteiger partial charge in [0.1, 0.15) is 23.1 Å². The number of hydrogen-bond donors (Lipinski definition) is 2. The van der Waals surface area contributed by atoms with Crippen molar-refractivity contribution in [3.63, 3.8) is 0 Å². The third kappa shape index (κ3) is 5.14. The van der Waals surface area contributed by atoms with Gasteiger partial charge in [-0.15, -0.1) is 13.2 Å². The molecule has 2 aromatic carbocycles. The Kier molecular flexibility index (Phi) is 7.39. The summed E-state index contributed by atoms with van der Waals surface area (Å²) in [5.41, 5.74) is 2.77. The van der Waals surface area contributed by atoms with Gasteiger partial charge in [0.05, 0.1) is 6.61 Å². The second-order valence-corrected chi connectivity index (χ2v) is 6.30. The molecule has 5 nitrogen and oxygen atoms in total. The SMILES string of the molecule is C=CCc1ccc(O)c(-c2cc(/C=C(\C#N)C(=O)OCC)c(O)c(CC=C)c2)c1. The predicted molar refractivity (Wildman–Crippen MR) is 113 cm³/mol. The van der Waals surface area contributed by atoms with Gasteiger partial charge in [-0.2, -0.15) is 5.26 Å². The first kappa shape index (κ1) is 21.5. The van der Waals surface area contributed by atoms with Crippen LogP contribution in [0.15, 0.2) is 61.2 Å². The monoisotopic (exact) mass is 389 g/mol. The molecule has 0 saturated carbocycles. The Bertz CT molecular complexity index is 1010. The molecule has 0 atom stereocenters. The summed E-state index contributed by atoms with van der Waals surface area (Å²) < 4.78 is 4.88. The molecule has 0 aromatic heterocycles. The van der Waals surface area contributed by atoms with E-state index in [1.165, 1.54) is 6.08 Å². The number of esters is 1. The smallest absolute Gasteiger partial charge is 0.348 e. The van der Waals surface area contributed by atoms with Crippen LogP contribution in [0.2, 0.25) is 0 Å². The number of ether oxygens (including phenoxy) is 1. The van der Waals surface area contributed by atoms with Gasteiger partial charge in [-0.3, -0.25) is 0 Å². The first-order chi connectivity index (χ1) is 13.9. The minimum atomic E-state index is -0.763. The molecular formula is C24H23NO4. The number of nitriles is 1. The fourth-order valence-electron chi connectivity index (χ4n) is 2.90. The van der Waals surface area contributed by atoms with Crippen molar-refractivity contribution < 1.29 is 19.7 Å². The Morgan fingerprint density at radius 2 is 1.90 bits per heavy atom. The summed E-state index contributed by atoms with van der Waals surface area (Å²) in [6.45, 7) is 9.21. The number of phenols is 2. The molecule has 0 unspecified atom stereocenters. The molecule has 0 amide bonds. The molecule has 0 aliphatic heterocycles. The minimum Gasteiger partial charge on any atom is -0.507 e. The molecule has 0 radical (unpaired) electrons. The number of allylic oxidation sites excluding steroid dienone is 2. The van der Waals surface area contributed by atoms with Crippen molar-refractivity contribution >= 4 is 12.0 Å². The lowest BCUT2D eigenvalue weighted by Gasteiger charge is -2.13. The average molecular weight is 389 g/mol. The molecule has 0 aliphatic rings. The summed E-state index contributed by atoms with van der Waals surface area (Å²) >= 11 is 0. The van der Waals surface area contributed by atoms with Crippen molar-refractivity contribution in [2.45, 2.75) is 19.8 Å². The van der Waals surface area contributed by atoms with Crippen molar-refractivity contribution in [3.8, 4) is 28.7 Å². The highest BCUT2D eigenvalue weighted by atomic mass is 16.5. The molecule has 148 valence electrons. The average Bonchev–Trinajstić information content (AvgIpc) is 2.70. The Hall–Kier alpha value is -3.78. The van der Waals surface area contributed by atoms with Gasteiger partial charge in [-0.05, 0) is 66.8 Å². The van der Waals surface area contributed by atoms with E-state index in [4.69, 9.17) is 4.74 Å². The van der Waals surface area contributed by atoms with Gasteiger partial charge in [0.25, 0.3) is 0 Å². The summed E-state index contributed by atoms with van der Waals surface area (Å²) in [6.07, 6.45) is 5.70. The zero-order chi connectivity index (χ0) is 21.4. The van der Waals surface area contributed by atoms with Crippen LogP contribution in [0, 0.1) is 11.3 Å². The number of benzene rings is 2. The molecule has 0 spiro atoms. The minimum absolute atomic E-state index is 0.0626. The van der Waals surface area contributed by atoms with Crippen LogP contribution in [0.1, 0.15) is 23.6 Å². The molecular weight excluding hydrogens is 366 g/mol. The third-order valence-corrected chi connectivity index (χ3v) is 4.25. The van der Waals surface area contributed by atoms with Crippen LogP contribution in [-0.2, 0) is 22.4 Å². The Balaban J connectivity index is 2.69. The molecule has 0 aliphatic carbocycles. The fourth-order valence-corrected chi connectivity index (χ4v) is 2.90. The standard InChI is InChI=1S/C24H23NO4/c1-4-7-16-9-10-22(26)21(11-16)18-12-17(8-5-2)23(27)19(13-18)14-20(15-25)24(28)29-6-3/h4-5,9-14,26-27H,1-2,6-8H2,3H3/b20-14+. The highest BCUT2D eigenvalue weighted by Crippen LogP contribution is 2.36. The maximum atomic E-state index is 12.0. The third-order valence-electron chi connectivity index (χ3n) is 4.25.